The minimum Gasteiger partial charge on any atom is -0.508 e. The maximum Gasteiger partial charge on any atom is 0.303 e. The van der Waals surface area contributed by atoms with Crippen molar-refractivity contribution in [3.05, 3.63) is 29.3 Å². The molecular formula is C24H30O5. The topological polar surface area (TPSA) is 72.8 Å². The van der Waals surface area contributed by atoms with Gasteiger partial charge in [-0.15, -0.1) is 0 Å². The van der Waals surface area contributed by atoms with Crippen molar-refractivity contribution in [1.82, 2.24) is 0 Å². The Hall–Kier alpha value is -2.04. The summed E-state index contributed by atoms with van der Waals surface area (Å²) >= 11 is 0. The molecule has 1 aromatic rings. The van der Waals surface area contributed by atoms with Crippen LogP contribution in [0, 0.1) is 16.7 Å². The van der Waals surface area contributed by atoms with E-state index in [2.05, 4.69) is 13.0 Å². The van der Waals surface area contributed by atoms with Crippen molar-refractivity contribution >= 4 is 11.9 Å². The van der Waals surface area contributed by atoms with Crippen LogP contribution in [-0.4, -0.2) is 28.8 Å². The van der Waals surface area contributed by atoms with Crippen LogP contribution in [0.25, 0.3) is 0 Å². The van der Waals surface area contributed by atoms with Crippen molar-refractivity contribution in [3.8, 4) is 5.75 Å². The van der Waals surface area contributed by atoms with Gasteiger partial charge in [0.2, 0.25) is 0 Å². The van der Waals surface area contributed by atoms with Crippen molar-refractivity contribution in [3.63, 3.8) is 0 Å². The van der Waals surface area contributed by atoms with Gasteiger partial charge >= 0.3 is 11.9 Å². The van der Waals surface area contributed by atoms with Crippen LogP contribution in [0.4, 0.5) is 0 Å². The van der Waals surface area contributed by atoms with Gasteiger partial charge in [-0.2, -0.15) is 0 Å². The fourth-order valence-corrected chi connectivity index (χ4v) is 8.11. The molecule has 156 valence electrons. The van der Waals surface area contributed by atoms with Crippen LogP contribution in [0.15, 0.2) is 18.2 Å². The lowest BCUT2D eigenvalue weighted by molar-refractivity contribution is -0.197. The van der Waals surface area contributed by atoms with E-state index in [1.807, 2.05) is 6.07 Å². The molecule has 1 N–H and O–H groups in total. The summed E-state index contributed by atoms with van der Waals surface area (Å²) in [6.07, 6.45) is 6.24. The van der Waals surface area contributed by atoms with Gasteiger partial charge in [-0.1, -0.05) is 13.0 Å². The molecule has 5 nitrogen and oxygen atoms in total. The Morgan fingerprint density at radius 2 is 1.90 bits per heavy atom. The monoisotopic (exact) mass is 398 g/mol. The molecule has 0 aliphatic heterocycles. The number of benzene rings is 1. The van der Waals surface area contributed by atoms with Gasteiger partial charge in [-0.3, -0.25) is 9.59 Å². The van der Waals surface area contributed by atoms with Crippen molar-refractivity contribution in [1.29, 1.82) is 0 Å². The number of esters is 2. The summed E-state index contributed by atoms with van der Waals surface area (Å²) in [6, 6.07) is 5.83. The van der Waals surface area contributed by atoms with Crippen LogP contribution in [-0.2, 0) is 25.5 Å². The molecule has 5 rings (SSSR count). The minimum atomic E-state index is -0.704. The molecule has 1 aromatic carbocycles. The van der Waals surface area contributed by atoms with E-state index in [1.54, 1.807) is 6.07 Å². The van der Waals surface area contributed by atoms with Gasteiger partial charge in [0.25, 0.3) is 0 Å². The van der Waals surface area contributed by atoms with Crippen LogP contribution in [0.5, 0.6) is 5.75 Å². The third kappa shape index (κ3) is 2.27. The predicted octanol–water partition coefficient (Wildman–Crippen LogP) is 4.26. The number of aryl methyl sites for hydroxylation is 1. The van der Waals surface area contributed by atoms with E-state index in [4.69, 9.17) is 9.47 Å². The fourth-order valence-electron chi connectivity index (χ4n) is 8.11. The molecule has 4 aliphatic carbocycles. The first-order valence-corrected chi connectivity index (χ1v) is 10.9. The molecule has 3 saturated carbocycles. The molecular weight excluding hydrogens is 368 g/mol. The molecule has 0 radical (unpaired) electrons. The average molecular weight is 398 g/mol. The maximum absolute atomic E-state index is 12.1. The number of phenolic OH excluding ortho intramolecular Hbond substituents is 1. The van der Waals surface area contributed by atoms with Gasteiger partial charge in [0, 0.05) is 19.3 Å². The van der Waals surface area contributed by atoms with Crippen molar-refractivity contribution in [2.45, 2.75) is 83.3 Å². The molecule has 0 unspecified atom stereocenters. The second-order valence-electron chi connectivity index (χ2n) is 9.95. The molecule has 0 heterocycles. The quantitative estimate of drug-likeness (QED) is 0.754. The van der Waals surface area contributed by atoms with Gasteiger partial charge in [0.15, 0.2) is 5.60 Å². The average Bonchev–Trinajstić information content (AvgIpc) is 3.00. The van der Waals surface area contributed by atoms with Crippen molar-refractivity contribution in [2.24, 2.45) is 16.7 Å². The summed E-state index contributed by atoms with van der Waals surface area (Å²) in [5.41, 5.74) is 1.77. The third-order valence-electron chi connectivity index (χ3n) is 9.08. The van der Waals surface area contributed by atoms with Crippen LogP contribution in [0.2, 0.25) is 0 Å². The van der Waals surface area contributed by atoms with Crippen molar-refractivity contribution in [2.75, 3.05) is 0 Å². The van der Waals surface area contributed by atoms with Gasteiger partial charge in [0.1, 0.15) is 11.9 Å². The van der Waals surface area contributed by atoms with E-state index in [0.29, 0.717) is 17.6 Å². The number of phenols is 1. The summed E-state index contributed by atoms with van der Waals surface area (Å²) in [7, 11) is 0. The minimum absolute atomic E-state index is 0.0149. The Morgan fingerprint density at radius 1 is 1.10 bits per heavy atom. The van der Waals surface area contributed by atoms with Gasteiger partial charge in [-0.05, 0) is 85.5 Å². The van der Waals surface area contributed by atoms with E-state index >= 15 is 0 Å². The first-order valence-electron chi connectivity index (χ1n) is 10.9. The normalized spacial score (nSPS) is 41.8. The van der Waals surface area contributed by atoms with Crippen LogP contribution in [0.1, 0.15) is 76.3 Å². The number of rotatable bonds is 2. The number of hydrogen-bond donors (Lipinski definition) is 1. The summed E-state index contributed by atoms with van der Waals surface area (Å²) in [5, 5.41) is 9.92. The third-order valence-corrected chi connectivity index (χ3v) is 9.08. The zero-order chi connectivity index (χ0) is 20.6. The van der Waals surface area contributed by atoms with Crippen LogP contribution < -0.4 is 0 Å². The molecule has 0 spiro atoms. The van der Waals surface area contributed by atoms with E-state index in [9.17, 15) is 14.7 Å². The lowest BCUT2D eigenvalue weighted by atomic mass is 9.48. The second-order valence-corrected chi connectivity index (χ2v) is 9.95. The number of fused-ring (bicyclic) bond motifs is 3. The summed E-state index contributed by atoms with van der Waals surface area (Å²) in [5.74, 6) is 0.693. The highest BCUT2D eigenvalue weighted by atomic mass is 16.6. The Kier molecular flexibility index (Phi) is 3.92. The highest BCUT2D eigenvalue weighted by molar-refractivity contribution is 5.68. The van der Waals surface area contributed by atoms with E-state index in [1.165, 1.54) is 25.0 Å². The molecule has 0 aromatic heterocycles. The highest BCUT2D eigenvalue weighted by Gasteiger charge is 2.79. The Morgan fingerprint density at radius 3 is 2.62 bits per heavy atom. The van der Waals surface area contributed by atoms with E-state index in [0.717, 1.165) is 44.9 Å². The first-order chi connectivity index (χ1) is 13.7. The van der Waals surface area contributed by atoms with Gasteiger partial charge in [-0.25, -0.2) is 0 Å². The molecule has 4 aliphatic rings. The van der Waals surface area contributed by atoms with Crippen molar-refractivity contribution < 1.29 is 24.2 Å². The first kappa shape index (κ1) is 19.0. The predicted molar refractivity (Wildman–Crippen MR) is 106 cm³/mol. The lowest BCUT2D eigenvalue weighted by Gasteiger charge is -2.56. The standard InChI is InChI=1S/C24H30O5/c1-14(25)28-21-13-23-10-11-24(21,29-15(2)26)22(23,3)9-8-19-18-6-5-17(27)12-16(18)4-7-20(19)23/h5-6,12,19-21,27H,4,7-11,13H2,1-3H3/t19-,20-,21-,22+,23+,24+/m1/s1. The summed E-state index contributed by atoms with van der Waals surface area (Å²) < 4.78 is 11.9. The number of ether oxygens (including phenoxy) is 2. The molecule has 3 fully saturated rings. The molecule has 6 atom stereocenters. The number of hydrogen-bond acceptors (Lipinski definition) is 5. The molecule has 2 bridgehead atoms. The van der Waals surface area contributed by atoms with Gasteiger partial charge in [0.05, 0.1) is 0 Å². The molecule has 5 heteroatoms. The Balaban J connectivity index is 1.59. The van der Waals surface area contributed by atoms with Crippen LogP contribution >= 0.6 is 0 Å². The lowest BCUT2D eigenvalue weighted by Crippen LogP contribution is -2.55. The SMILES string of the molecule is CC(=O)O[C@@H]1C[C@]23CC[C@@]1(OC(C)=O)[C@@]2(C)CC[C@@H]1c2ccc(O)cc2CC[C@H]13. The molecule has 29 heavy (non-hydrogen) atoms. The zero-order valence-electron chi connectivity index (χ0n) is 17.5. The highest BCUT2D eigenvalue weighted by Crippen LogP contribution is 2.78. The number of carbonyl (C=O) groups is 2. The molecule has 0 amide bonds. The maximum atomic E-state index is 12.1. The Bertz CT molecular complexity index is 893. The van der Waals surface area contributed by atoms with Gasteiger partial charge < -0.3 is 14.6 Å². The fraction of sp³-hybridized carbons (Fsp3) is 0.667. The zero-order valence-corrected chi connectivity index (χ0v) is 17.5. The molecule has 0 saturated heterocycles. The summed E-state index contributed by atoms with van der Waals surface area (Å²) in [4.78, 5) is 24.0. The summed E-state index contributed by atoms with van der Waals surface area (Å²) in [6.45, 7) is 5.20. The number of aromatic hydroxyl groups is 1. The largest absolute Gasteiger partial charge is 0.508 e. The van der Waals surface area contributed by atoms with E-state index < -0.39 is 5.60 Å². The second kappa shape index (κ2) is 5.99. The van der Waals surface area contributed by atoms with Crippen LogP contribution in [0.3, 0.4) is 0 Å². The van der Waals surface area contributed by atoms with E-state index in [-0.39, 0.29) is 28.9 Å². The Labute approximate surface area is 171 Å². The number of carbonyl (C=O) groups excluding carboxylic acids is 2. The smallest absolute Gasteiger partial charge is 0.303 e.